The molecule has 0 spiro atoms. The first-order valence-corrected chi connectivity index (χ1v) is 15.4. The van der Waals surface area contributed by atoms with Crippen LogP contribution in [0.3, 0.4) is 0 Å². The number of benzene rings is 3. The average Bonchev–Trinajstić information content (AvgIpc) is 3.46. The SMILES string of the molecule is CC(=O)O[C@@H](C)C(=O)NCc1ccccc1-c1ccc([C@H]2O[C@@H](CSc3nncn3C)C[C@@H](c3ccc(CO)cc3)O2)cc1. The number of aliphatic hydroxyl groups excluding tert-OH is 1. The molecular weight excluding hydrogens is 580 g/mol. The molecule has 3 aromatic carbocycles. The third-order valence-electron chi connectivity index (χ3n) is 7.36. The van der Waals surface area contributed by atoms with Crippen LogP contribution in [0.2, 0.25) is 0 Å². The van der Waals surface area contributed by atoms with Crippen molar-refractivity contribution in [2.24, 2.45) is 7.05 Å². The summed E-state index contributed by atoms with van der Waals surface area (Å²) >= 11 is 1.59. The maximum absolute atomic E-state index is 12.4. The summed E-state index contributed by atoms with van der Waals surface area (Å²) in [5.41, 5.74) is 5.65. The number of aryl methyl sites for hydroxylation is 1. The molecule has 230 valence electrons. The van der Waals surface area contributed by atoms with Crippen molar-refractivity contribution in [2.75, 3.05) is 5.75 Å². The molecule has 1 aliphatic heterocycles. The zero-order valence-electron chi connectivity index (χ0n) is 24.9. The van der Waals surface area contributed by atoms with Gasteiger partial charge in [-0.2, -0.15) is 0 Å². The monoisotopic (exact) mass is 616 g/mol. The number of hydrogen-bond acceptors (Lipinski definition) is 9. The van der Waals surface area contributed by atoms with Gasteiger partial charge in [0.25, 0.3) is 5.91 Å². The van der Waals surface area contributed by atoms with Crippen molar-refractivity contribution in [3.63, 3.8) is 0 Å². The number of nitrogens with zero attached hydrogens (tertiary/aromatic N) is 3. The van der Waals surface area contributed by atoms with E-state index in [0.29, 0.717) is 18.7 Å². The van der Waals surface area contributed by atoms with Gasteiger partial charge in [-0.1, -0.05) is 84.6 Å². The maximum atomic E-state index is 12.4. The van der Waals surface area contributed by atoms with Gasteiger partial charge in [0.05, 0.1) is 18.8 Å². The van der Waals surface area contributed by atoms with Crippen molar-refractivity contribution in [1.82, 2.24) is 20.1 Å². The molecule has 1 aliphatic rings. The standard InChI is InChI=1S/C33H36N4O6S/c1-21(41-22(2)39)31(40)34-17-27-6-4-5-7-29(27)24-12-14-26(15-13-24)32-42-28(19-44-33-36-35-20-37(33)3)16-30(43-32)25-10-8-23(18-38)9-11-25/h4-15,20-21,28,30,32,38H,16-19H2,1-3H3,(H,34,40)/t21-,28+,30-,32-/m0/s1. The van der Waals surface area contributed by atoms with Gasteiger partial charge in [0.1, 0.15) is 6.33 Å². The zero-order valence-corrected chi connectivity index (χ0v) is 25.7. The molecule has 10 nitrogen and oxygen atoms in total. The second-order valence-corrected chi connectivity index (χ2v) is 11.6. The number of esters is 1. The van der Waals surface area contributed by atoms with Crippen LogP contribution in [0, 0.1) is 0 Å². The molecule has 5 rings (SSSR count). The molecule has 1 aromatic heterocycles. The van der Waals surface area contributed by atoms with E-state index in [0.717, 1.165) is 38.5 Å². The van der Waals surface area contributed by atoms with E-state index in [9.17, 15) is 14.7 Å². The van der Waals surface area contributed by atoms with E-state index >= 15 is 0 Å². The lowest BCUT2D eigenvalue weighted by Crippen LogP contribution is -2.35. The van der Waals surface area contributed by atoms with Crippen LogP contribution in [0.4, 0.5) is 0 Å². The smallest absolute Gasteiger partial charge is 0.303 e. The first-order valence-electron chi connectivity index (χ1n) is 14.4. The van der Waals surface area contributed by atoms with Gasteiger partial charge < -0.3 is 29.2 Å². The van der Waals surface area contributed by atoms with Crippen LogP contribution in [0.5, 0.6) is 0 Å². The molecular formula is C33H36N4O6S. The lowest BCUT2D eigenvalue weighted by molar-refractivity contribution is -0.245. The Morgan fingerprint density at radius 2 is 1.80 bits per heavy atom. The van der Waals surface area contributed by atoms with Gasteiger partial charge in [-0.25, -0.2) is 0 Å². The Labute approximate surface area is 260 Å². The van der Waals surface area contributed by atoms with Crippen LogP contribution < -0.4 is 5.32 Å². The molecule has 1 amide bonds. The number of nitrogens with one attached hydrogen (secondary N) is 1. The van der Waals surface area contributed by atoms with Crippen LogP contribution in [0.15, 0.2) is 84.3 Å². The summed E-state index contributed by atoms with van der Waals surface area (Å²) in [5, 5.41) is 21.3. The van der Waals surface area contributed by atoms with Crippen molar-refractivity contribution < 1.29 is 28.9 Å². The average molecular weight is 617 g/mol. The Bertz CT molecular complexity index is 1560. The van der Waals surface area contributed by atoms with Crippen LogP contribution in [0.25, 0.3) is 11.1 Å². The molecule has 4 aromatic rings. The van der Waals surface area contributed by atoms with Crippen molar-refractivity contribution in [1.29, 1.82) is 0 Å². The topological polar surface area (TPSA) is 125 Å². The molecule has 0 bridgehead atoms. The number of carbonyl (C=O) groups excluding carboxylic acids is 2. The van der Waals surface area contributed by atoms with Crippen LogP contribution in [0.1, 0.15) is 54.9 Å². The number of aromatic nitrogens is 3. The third-order valence-corrected chi connectivity index (χ3v) is 8.53. The Hall–Kier alpha value is -4.03. The summed E-state index contributed by atoms with van der Waals surface area (Å²) in [7, 11) is 1.92. The maximum Gasteiger partial charge on any atom is 0.303 e. The number of ether oxygens (including phenoxy) is 3. The highest BCUT2D eigenvalue weighted by Crippen LogP contribution is 2.39. The fourth-order valence-electron chi connectivity index (χ4n) is 5.00. The first-order chi connectivity index (χ1) is 21.3. The van der Waals surface area contributed by atoms with Crippen LogP contribution in [-0.4, -0.2) is 49.7 Å². The second-order valence-electron chi connectivity index (χ2n) is 10.6. The van der Waals surface area contributed by atoms with E-state index in [2.05, 4.69) is 15.5 Å². The zero-order chi connectivity index (χ0) is 31.1. The summed E-state index contributed by atoms with van der Waals surface area (Å²) < 4.78 is 19.8. The molecule has 2 heterocycles. The van der Waals surface area contributed by atoms with Crippen molar-refractivity contribution >= 4 is 23.6 Å². The van der Waals surface area contributed by atoms with Gasteiger partial charge in [-0.15, -0.1) is 10.2 Å². The molecule has 1 saturated heterocycles. The molecule has 4 atom stereocenters. The van der Waals surface area contributed by atoms with E-state index in [4.69, 9.17) is 14.2 Å². The number of amides is 1. The fraction of sp³-hybridized carbons (Fsp3) is 0.333. The fourth-order valence-corrected chi connectivity index (χ4v) is 5.90. The highest BCUT2D eigenvalue weighted by molar-refractivity contribution is 7.99. The number of rotatable bonds is 11. The largest absolute Gasteiger partial charge is 0.453 e. The molecule has 0 unspecified atom stereocenters. The van der Waals surface area contributed by atoms with Crippen molar-refractivity contribution in [3.8, 4) is 11.1 Å². The van der Waals surface area contributed by atoms with E-state index < -0.39 is 18.4 Å². The van der Waals surface area contributed by atoms with Gasteiger partial charge in [-0.05, 0) is 34.7 Å². The molecule has 1 fully saturated rings. The quantitative estimate of drug-likeness (QED) is 0.179. The minimum absolute atomic E-state index is 0.0102. The summed E-state index contributed by atoms with van der Waals surface area (Å²) in [4.78, 5) is 23.6. The number of hydrogen-bond donors (Lipinski definition) is 2. The molecule has 11 heteroatoms. The Balaban J connectivity index is 1.32. The Morgan fingerprint density at radius 1 is 1.07 bits per heavy atom. The summed E-state index contributed by atoms with van der Waals surface area (Å²) in [6.45, 7) is 3.10. The minimum atomic E-state index is -0.867. The minimum Gasteiger partial charge on any atom is -0.453 e. The first kappa shape index (κ1) is 31.4. The predicted octanol–water partition coefficient (Wildman–Crippen LogP) is 4.88. The van der Waals surface area contributed by atoms with Crippen molar-refractivity contribution in [2.45, 2.75) is 63.2 Å². The summed E-state index contributed by atoms with van der Waals surface area (Å²) in [6.07, 6.45) is 0.615. The van der Waals surface area contributed by atoms with E-state index in [-0.39, 0.29) is 24.7 Å². The third kappa shape index (κ3) is 7.92. The Kier molecular flexibility index (Phi) is 10.4. The highest BCUT2D eigenvalue weighted by atomic mass is 32.2. The highest BCUT2D eigenvalue weighted by Gasteiger charge is 2.32. The van der Waals surface area contributed by atoms with E-state index in [1.54, 1.807) is 25.0 Å². The molecule has 0 radical (unpaired) electrons. The van der Waals surface area contributed by atoms with Crippen molar-refractivity contribution in [3.05, 3.63) is 101 Å². The van der Waals surface area contributed by atoms with Crippen LogP contribution >= 0.6 is 11.8 Å². The van der Waals surface area contributed by atoms with E-state index in [1.165, 1.54) is 6.92 Å². The number of aliphatic hydroxyl groups is 1. The van der Waals surface area contributed by atoms with Gasteiger partial charge in [0.15, 0.2) is 17.6 Å². The van der Waals surface area contributed by atoms with Gasteiger partial charge >= 0.3 is 5.97 Å². The molecule has 2 N–H and O–H groups in total. The van der Waals surface area contributed by atoms with Crippen LogP contribution in [-0.2, 0) is 44.0 Å². The lowest BCUT2D eigenvalue weighted by Gasteiger charge is -2.36. The normalized spacial score (nSPS) is 18.9. The molecule has 0 aliphatic carbocycles. The molecule has 44 heavy (non-hydrogen) atoms. The number of carbonyl (C=O) groups is 2. The second kappa shape index (κ2) is 14.6. The summed E-state index contributed by atoms with van der Waals surface area (Å²) in [5.74, 6) is -0.171. The van der Waals surface area contributed by atoms with Gasteiger partial charge in [-0.3, -0.25) is 9.59 Å². The number of thioether (sulfide) groups is 1. The lowest BCUT2D eigenvalue weighted by atomic mass is 9.97. The van der Waals surface area contributed by atoms with E-state index in [1.807, 2.05) is 84.4 Å². The van der Waals surface area contributed by atoms with Gasteiger partial charge in [0.2, 0.25) is 0 Å². The summed E-state index contributed by atoms with van der Waals surface area (Å²) in [6, 6.07) is 23.7. The Morgan fingerprint density at radius 3 is 2.48 bits per heavy atom. The van der Waals surface area contributed by atoms with Gasteiger partial charge in [0, 0.05) is 38.3 Å². The molecule has 0 saturated carbocycles. The predicted molar refractivity (Wildman–Crippen MR) is 165 cm³/mol.